The number of nitrogens with two attached hydrogens (primary N) is 2. The Labute approximate surface area is 194 Å². The van der Waals surface area contributed by atoms with Crippen molar-refractivity contribution >= 4 is 35.5 Å². The molecule has 1 aliphatic rings. The molecule has 11 heteroatoms. The largest absolute Gasteiger partial charge is 0.481 e. The smallest absolute Gasteiger partial charge is 0.343 e. The second kappa shape index (κ2) is 10.5. The number of carbonyl (C=O) groups excluding carboxylic acids is 2. The lowest BCUT2D eigenvalue weighted by molar-refractivity contribution is -0.147. The summed E-state index contributed by atoms with van der Waals surface area (Å²) in [7, 11) is 0. The fourth-order valence-corrected chi connectivity index (χ4v) is 3.73. The van der Waals surface area contributed by atoms with Crippen molar-refractivity contribution in [2.24, 2.45) is 16.5 Å². The highest BCUT2D eigenvalue weighted by Gasteiger charge is 2.24. The van der Waals surface area contributed by atoms with Gasteiger partial charge in [0.05, 0.1) is 17.7 Å². The molecule has 0 radical (unpaired) electrons. The summed E-state index contributed by atoms with van der Waals surface area (Å²) in [6, 6.07) is 8.59. The van der Waals surface area contributed by atoms with Crippen LogP contribution in [0.3, 0.4) is 0 Å². The maximum Gasteiger partial charge on any atom is 0.343 e. The predicted molar refractivity (Wildman–Crippen MR) is 121 cm³/mol. The minimum absolute atomic E-state index is 0.0704. The summed E-state index contributed by atoms with van der Waals surface area (Å²) in [6.45, 7) is 0. The van der Waals surface area contributed by atoms with Gasteiger partial charge in [-0.05, 0) is 60.2 Å². The number of carboxylic acid groups (broad SMARTS) is 2. The number of nitrogens with one attached hydrogen (secondary N) is 1. The first-order valence-electron chi connectivity index (χ1n) is 10.4. The Bertz CT molecular complexity index is 1170. The molecule has 3 rings (SSSR count). The molecule has 1 aliphatic heterocycles. The maximum atomic E-state index is 12.7. The second-order valence-corrected chi connectivity index (χ2v) is 7.72. The van der Waals surface area contributed by atoms with Gasteiger partial charge in [0.1, 0.15) is 11.8 Å². The van der Waals surface area contributed by atoms with Crippen LogP contribution in [0.4, 0.5) is 5.69 Å². The fourth-order valence-electron chi connectivity index (χ4n) is 3.73. The molecule has 0 saturated carbocycles. The third kappa shape index (κ3) is 6.09. The van der Waals surface area contributed by atoms with Crippen molar-refractivity contribution in [2.45, 2.75) is 38.1 Å². The van der Waals surface area contributed by atoms with Gasteiger partial charge in [-0.3, -0.25) is 9.59 Å². The van der Waals surface area contributed by atoms with Gasteiger partial charge in [-0.2, -0.15) is 0 Å². The third-order valence-electron chi connectivity index (χ3n) is 5.28. The van der Waals surface area contributed by atoms with Gasteiger partial charge in [0.25, 0.3) is 0 Å². The van der Waals surface area contributed by atoms with Crippen LogP contribution < -0.4 is 21.5 Å². The highest BCUT2D eigenvalue weighted by Crippen LogP contribution is 2.30. The number of rotatable bonds is 8. The average molecular weight is 468 g/mol. The van der Waals surface area contributed by atoms with Crippen LogP contribution in [0.2, 0.25) is 0 Å². The van der Waals surface area contributed by atoms with Gasteiger partial charge in [0, 0.05) is 6.42 Å². The molecule has 0 aromatic heterocycles. The van der Waals surface area contributed by atoms with Crippen LogP contribution in [0.1, 0.15) is 39.9 Å². The number of aliphatic carboxylic acids is 2. The van der Waals surface area contributed by atoms with Crippen LogP contribution in [0.15, 0.2) is 41.4 Å². The molecule has 178 valence electrons. The van der Waals surface area contributed by atoms with Crippen LogP contribution in [0, 0.1) is 0 Å². The zero-order valence-corrected chi connectivity index (χ0v) is 18.1. The lowest BCUT2D eigenvalue weighted by atomic mass is 9.93. The van der Waals surface area contributed by atoms with Crippen LogP contribution in [0.5, 0.6) is 5.75 Å². The molecule has 0 fully saturated rings. The number of hydrogen-bond donors (Lipinski definition) is 5. The Morgan fingerprint density at radius 1 is 1.12 bits per heavy atom. The van der Waals surface area contributed by atoms with Gasteiger partial charge < -0.3 is 31.7 Å². The molecule has 2 aromatic rings. The van der Waals surface area contributed by atoms with Crippen LogP contribution in [-0.4, -0.2) is 46.0 Å². The molecule has 1 amide bonds. The molecule has 1 unspecified atom stereocenters. The van der Waals surface area contributed by atoms with Crippen LogP contribution in [0.25, 0.3) is 0 Å². The first-order chi connectivity index (χ1) is 16.1. The van der Waals surface area contributed by atoms with Crippen molar-refractivity contribution < 1.29 is 34.1 Å². The molecule has 0 saturated heterocycles. The first kappa shape index (κ1) is 24.2. The van der Waals surface area contributed by atoms with Crippen molar-refractivity contribution in [3.8, 4) is 5.75 Å². The standard InChI is InChI=1S/C23H24N4O7/c24-23(25)26-14-6-8-16-13(10-14)4-7-15-12(2-1-3-18(15)34-22(16)33)5-9-19(28)27-17(21(31)32)11-20(29)30/h1-3,6,8,10,17H,4-5,7,9,11H2,(H,27,28)(H,29,30)(H,31,32)(H4,24,25,26). The maximum absolute atomic E-state index is 12.7. The normalized spacial score (nSPS) is 13.2. The van der Waals surface area contributed by atoms with E-state index in [4.69, 9.17) is 26.4 Å². The summed E-state index contributed by atoms with van der Waals surface area (Å²) in [6.07, 6.45) is 0.453. The Balaban J connectivity index is 1.77. The molecular formula is C23H24N4O7. The van der Waals surface area contributed by atoms with E-state index >= 15 is 0 Å². The van der Waals surface area contributed by atoms with Gasteiger partial charge in [-0.15, -0.1) is 0 Å². The number of benzene rings is 2. The number of carboxylic acids is 2. The zero-order valence-electron chi connectivity index (χ0n) is 18.1. The monoisotopic (exact) mass is 468 g/mol. The summed E-state index contributed by atoms with van der Waals surface area (Å²) in [4.78, 5) is 51.0. The molecule has 2 aromatic carbocycles. The van der Waals surface area contributed by atoms with E-state index in [1.54, 1.807) is 36.4 Å². The van der Waals surface area contributed by atoms with E-state index in [-0.39, 0.29) is 18.8 Å². The van der Waals surface area contributed by atoms with Crippen LogP contribution >= 0.6 is 0 Å². The van der Waals surface area contributed by atoms with Crippen molar-refractivity contribution in [1.82, 2.24) is 5.32 Å². The lowest BCUT2D eigenvalue weighted by Gasteiger charge is -2.19. The molecule has 1 atom stereocenters. The molecule has 34 heavy (non-hydrogen) atoms. The van der Waals surface area contributed by atoms with E-state index < -0.39 is 36.3 Å². The van der Waals surface area contributed by atoms with Gasteiger partial charge in [-0.25, -0.2) is 14.6 Å². The van der Waals surface area contributed by atoms with E-state index in [1.165, 1.54) is 0 Å². The quantitative estimate of drug-likeness (QED) is 0.162. The molecule has 0 bridgehead atoms. The number of carbonyl (C=O) groups is 4. The van der Waals surface area contributed by atoms with Crippen molar-refractivity contribution in [2.75, 3.05) is 0 Å². The average Bonchev–Trinajstić information content (AvgIpc) is 2.74. The van der Waals surface area contributed by atoms with Gasteiger partial charge >= 0.3 is 17.9 Å². The number of fused-ring (bicyclic) bond motifs is 2. The minimum atomic E-state index is -1.52. The fraction of sp³-hybridized carbons (Fsp3) is 0.261. The summed E-state index contributed by atoms with van der Waals surface area (Å²) in [5, 5.41) is 20.1. The number of hydrogen-bond acceptors (Lipinski definition) is 6. The van der Waals surface area contributed by atoms with E-state index in [1.807, 2.05) is 0 Å². The molecule has 7 N–H and O–H groups in total. The summed E-state index contributed by atoms with van der Waals surface area (Å²) < 4.78 is 5.60. The van der Waals surface area contributed by atoms with E-state index in [0.29, 0.717) is 35.4 Å². The second-order valence-electron chi connectivity index (χ2n) is 7.72. The first-order valence-corrected chi connectivity index (χ1v) is 10.4. The van der Waals surface area contributed by atoms with Crippen LogP contribution in [-0.2, 0) is 33.6 Å². The van der Waals surface area contributed by atoms with E-state index in [9.17, 15) is 19.2 Å². The van der Waals surface area contributed by atoms with Crippen molar-refractivity contribution in [3.05, 3.63) is 58.7 Å². The zero-order chi connectivity index (χ0) is 24.8. The molecule has 0 aliphatic carbocycles. The highest BCUT2D eigenvalue weighted by atomic mass is 16.5. The highest BCUT2D eigenvalue weighted by molar-refractivity contribution is 5.94. The number of aliphatic imine (C=N–C) groups is 1. The minimum Gasteiger partial charge on any atom is -0.481 e. The topological polar surface area (TPSA) is 194 Å². The number of aryl methyl sites for hydroxylation is 2. The van der Waals surface area contributed by atoms with Gasteiger partial charge in [0.15, 0.2) is 5.96 Å². The predicted octanol–water partition coefficient (Wildman–Crippen LogP) is 0.886. The van der Waals surface area contributed by atoms with Crippen molar-refractivity contribution in [1.29, 1.82) is 0 Å². The molecule has 1 heterocycles. The lowest BCUT2D eigenvalue weighted by Crippen LogP contribution is -2.42. The summed E-state index contributed by atoms with van der Waals surface area (Å²) >= 11 is 0. The van der Waals surface area contributed by atoms with Crippen molar-refractivity contribution in [3.63, 3.8) is 0 Å². The Morgan fingerprint density at radius 3 is 2.56 bits per heavy atom. The number of guanidine groups is 1. The van der Waals surface area contributed by atoms with E-state index in [2.05, 4.69) is 10.3 Å². The SMILES string of the molecule is NC(N)=Nc1ccc2c(c1)CCc1c(CCC(=O)NC(CC(=O)O)C(=O)O)cccc1OC2=O. The summed E-state index contributed by atoms with van der Waals surface area (Å²) in [5.41, 5.74) is 14.0. The number of amides is 1. The molecule has 11 nitrogen and oxygen atoms in total. The number of nitrogens with zero attached hydrogens (tertiary/aromatic N) is 1. The number of ether oxygens (including phenoxy) is 1. The molecular weight excluding hydrogens is 444 g/mol. The Hall–Kier alpha value is -4.41. The Morgan fingerprint density at radius 2 is 1.88 bits per heavy atom. The van der Waals surface area contributed by atoms with Gasteiger partial charge in [-0.1, -0.05) is 12.1 Å². The number of esters is 1. The third-order valence-corrected chi connectivity index (χ3v) is 5.28. The summed E-state index contributed by atoms with van der Waals surface area (Å²) in [5.74, 6) is -3.60. The van der Waals surface area contributed by atoms with Gasteiger partial charge in [0.2, 0.25) is 5.91 Å². The van der Waals surface area contributed by atoms with E-state index in [0.717, 1.165) is 11.1 Å². The Kier molecular flexibility index (Phi) is 7.46. The molecule has 0 spiro atoms.